The third kappa shape index (κ3) is 4.52. The van der Waals surface area contributed by atoms with Gasteiger partial charge in [-0.2, -0.15) is 0 Å². The van der Waals surface area contributed by atoms with Crippen LogP contribution in [0.3, 0.4) is 0 Å². The van der Waals surface area contributed by atoms with Gasteiger partial charge in [-0.05, 0) is 38.8 Å². The molecule has 0 aromatic heterocycles. The Morgan fingerprint density at radius 1 is 1.27 bits per heavy atom. The van der Waals surface area contributed by atoms with Crippen molar-refractivity contribution in [2.75, 3.05) is 20.1 Å². The van der Waals surface area contributed by atoms with Crippen LogP contribution < -0.4 is 5.73 Å². The summed E-state index contributed by atoms with van der Waals surface area (Å²) < 4.78 is 0. The second-order valence-electron chi connectivity index (χ2n) is 5.12. The van der Waals surface area contributed by atoms with Crippen molar-refractivity contribution in [3.8, 4) is 0 Å². The molecule has 1 rings (SSSR count). The second-order valence-corrected chi connectivity index (χ2v) is 5.12. The Morgan fingerprint density at radius 3 is 2.47 bits per heavy atom. The maximum Gasteiger partial charge on any atom is 0.00923 e. The first-order valence-electron chi connectivity index (χ1n) is 6.68. The molecule has 0 aromatic rings. The molecule has 1 unspecified atom stereocenters. The quantitative estimate of drug-likeness (QED) is 0.733. The lowest BCUT2D eigenvalue weighted by molar-refractivity contribution is 0.164. The predicted molar refractivity (Wildman–Crippen MR) is 67.0 cm³/mol. The molecule has 1 saturated carbocycles. The van der Waals surface area contributed by atoms with Crippen LogP contribution in [0.5, 0.6) is 0 Å². The highest BCUT2D eigenvalue weighted by Gasteiger charge is 2.19. The van der Waals surface area contributed by atoms with Gasteiger partial charge >= 0.3 is 0 Å². The third-order valence-corrected chi connectivity index (χ3v) is 3.77. The summed E-state index contributed by atoms with van der Waals surface area (Å²) in [5.74, 6) is 0.710. The first-order valence-corrected chi connectivity index (χ1v) is 6.68. The molecule has 0 amide bonds. The average Bonchev–Trinajstić information content (AvgIpc) is 2.29. The first kappa shape index (κ1) is 13.0. The van der Waals surface area contributed by atoms with Gasteiger partial charge in [0.1, 0.15) is 0 Å². The van der Waals surface area contributed by atoms with E-state index < -0.39 is 0 Å². The summed E-state index contributed by atoms with van der Waals surface area (Å²) >= 11 is 0. The van der Waals surface area contributed by atoms with Crippen molar-refractivity contribution in [1.29, 1.82) is 0 Å². The molecule has 0 radical (unpaired) electrons. The lowest BCUT2D eigenvalue weighted by atomic mass is 9.93. The summed E-state index contributed by atoms with van der Waals surface area (Å²) in [4.78, 5) is 2.56. The zero-order chi connectivity index (χ0) is 11.1. The van der Waals surface area contributed by atoms with Crippen molar-refractivity contribution in [2.24, 2.45) is 11.7 Å². The standard InChI is InChI=1S/C13H28N2/c1-3-7-12(10-14)11-15(2)13-8-5-4-6-9-13/h12-13H,3-11,14H2,1-2H3. The summed E-state index contributed by atoms with van der Waals surface area (Å²) in [5, 5.41) is 0. The first-order chi connectivity index (χ1) is 7.27. The van der Waals surface area contributed by atoms with Crippen LogP contribution >= 0.6 is 0 Å². The molecular weight excluding hydrogens is 184 g/mol. The number of nitrogens with zero attached hydrogens (tertiary/aromatic N) is 1. The Bertz CT molecular complexity index is 153. The van der Waals surface area contributed by atoms with Gasteiger partial charge in [0.2, 0.25) is 0 Å². The SMILES string of the molecule is CCCC(CN)CN(C)C1CCCCC1. The van der Waals surface area contributed by atoms with Crippen LogP contribution in [0.2, 0.25) is 0 Å². The van der Waals surface area contributed by atoms with Crippen molar-refractivity contribution < 1.29 is 0 Å². The summed E-state index contributed by atoms with van der Waals surface area (Å²) in [6.07, 6.45) is 9.65. The molecule has 90 valence electrons. The highest BCUT2D eigenvalue weighted by Crippen LogP contribution is 2.22. The smallest absolute Gasteiger partial charge is 0.00923 e. The topological polar surface area (TPSA) is 29.3 Å². The van der Waals surface area contributed by atoms with E-state index in [0.717, 1.165) is 12.6 Å². The van der Waals surface area contributed by atoms with Gasteiger partial charge in [-0.15, -0.1) is 0 Å². The molecule has 15 heavy (non-hydrogen) atoms. The molecule has 2 N–H and O–H groups in total. The van der Waals surface area contributed by atoms with E-state index in [4.69, 9.17) is 5.73 Å². The molecule has 0 saturated heterocycles. The summed E-state index contributed by atoms with van der Waals surface area (Å²) in [6, 6.07) is 0.838. The van der Waals surface area contributed by atoms with Crippen LogP contribution in [0.25, 0.3) is 0 Å². The van der Waals surface area contributed by atoms with Crippen molar-refractivity contribution in [3.05, 3.63) is 0 Å². The monoisotopic (exact) mass is 212 g/mol. The minimum Gasteiger partial charge on any atom is -0.330 e. The van der Waals surface area contributed by atoms with Crippen molar-refractivity contribution in [2.45, 2.75) is 57.9 Å². The molecule has 0 aromatic carbocycles. The van der Waals surface area contributed by atoms with Gasteiger partial charge < -0.3 is 10.6 Å². The molecule has 0 spiro atoms. The molecule has 2 heteroatoms. The van der Waals surface area contributed by atoms with Gasteiger partial charge in [0, 0.05) is 12.6 Å². The molecule has 1 atom stereocenters. The molecule has 1 aliphatic rings. The van der Waals surface area contributed by atoms with E-state index in [-0.39, 0.29) is 0 Å². The van der Waals surface area contributed by atoms with Gasteiger partial charge in [-0.25, -0.2) is 0 Å². The van der Waals surface area contributed by atoms with Gasteiger partial charge in [0.15, 0.2) is 0 Å². The maximum absolute atomic E-state index is 5.81. The van der Waals surface area contributed by atoms with E-state index in [9.17, 15) is 0 Å². The molecule has 2 nitrogen and oxygen atoms in total. The largest absolute Gasteiger partial charge is 0.330 e. The Labute approximate surface area is 95.2 Å². The zero-order valence-corrected chi connectivity index (χ0v) is 10.5. The summed E-state index contributed by atoms with van der Waals surface area (Å²) in [5.41, 5.74) is 5.81. The van der Waals surface area contributed by atoms with Crippen LogP contribution in [0.4, 0.5) is 0 Å². The van der Waals surface area contributed by atoms with E-state index in [2.05, 4.69) is 18.9 Å². The molecule has 1 aliphatic carbocycles. The van der Waals surface area contributed by atoms with Gasteiger partial charge in [0.05, 0.1) is 0 Å². The fraction of sp³-hybridized carbons (Fsp3) is 1.00. The predicted octanol–water partition coefficient (Wildman–Crippen LogP) is 2.63. The van der Waals surface area contributed by atoms with E-state index in [1.807, 2.05) is 0 Å². The van der Waals surface area contributed by atoms with E-state index in [1.165, 1.54) is 51.5 Å². The fourth-order valence-corrected chi connectivity index (χ4v) is 2.77. The van der Waals surface area contributed by atoms with E-state index in [0.29, 0.717) is 5.92 Å². The van der Waals surface area contributed by atoms with Crippen molar-refractivity contribution >= 4 is 0 Å². The van der Waals surface area contributed by atoms with Crippen LogP contribution in [0.15, 0.2) is 0 Å². The maximum atomic E-state index is 5.81. The van der Waals surface area contributed by atoms with Crippen LogP contribution in [-0.2, 0) is 0 Å². The van der Waals surface area contributed by atoms with Gasteiger partial charge in [-0.3, -0.25) is 0 Å². The molecule has 0 heterocycles. The number of rotatable bonds is 6. The molecule has 0 bridgehead atoms. The highest BCUT2D eigenvalue weighted by molar-refractivity contribution is 4.75. The zero-order valence-electron chi connectivity index (χ0n) is 10.5. The number of nitrogens with two attached hydrogens (primary N) is 1. The highest BCUT2D eigenvalue weighted by atomic mass is 15.1. The Hall–Kier alpha value is -0.0800. The summed E-state index contributed by atoms with van der Waals surface area (Å²) in [6.45, 7) is 4.31. The Kier molecular flexibility index (Phi) is 6.26. The second kappa shape index (κ2) is 7.24. The normalized spacial score (nSPS) is 20.8. The number of hydrogen-bond donors (Lipinski definition) is 1. The molecular formula is C13H28N2. The average molecular weight is 212 g/mol. The Balaban J connectivity index is 2.28. The lowest BCUT2D eigenvalue weighted by Crippen LogP contribution is -2.38. The van der Waals surface area contributed by atoms with Crippen molar-refractivity contribution in [3.63, 3.8) is 0 Å². The molecule has 1 fully saturated rings. The Morgan fingerprint density at radius 2 is 1.93 bits per heavy atom. The number of hydrogen-bond acceptors (Lipinski definition) is 2. The lowest BCUT2D eigenvalue weighted by Gasteiger charge is -2.33. The fourth-order valence-electron chi connectivity index (χ4n) is 2.77. The van der Waals surface area contributed by atoms with Gasteiger partial charge in [0.25, 0.3) is 0 Å². The van der Waals surface area contributed by atoms with E-state index >= 15 is 0 Å². The minimum atomic E-state index is 0.710. The third-order valence-electron chi connectivity index (χ3n) is 3.77. The molecule has 0 aliphatic heterocycles. The van der Waals surface area contributed by atoms with Crippen molar-refractivity contribution in [1.82, 2.24) is 4.90 Å². The van der Waals surface area contributed by atoms with E-state index in [1.54, 1.807) is 0 Å². The minimum absolute atomic E-state index is 0.710. The van der Waals surface area contributed by atoms with Crippen LogP contribution in [0.1, 0.15) is 51.9 Å². The summed E-state index contributed by atoms with van der Waals surface area (Å²) in [7, 11) is 2.29. The van der Waals surface area contributed by atoms with Gasteiger partial charge in [-0.1, -0.05) is 32.6 Å². The van der Waals surface area contributed by atoms with Crippen LogP contribution in [-0.4, -0.2) is 31.1 Å². The van der Waals surface area contributed by atoms with Crippen LogP contribution in [0, 0.1) is 5.92 Å².